The molecule has 4 heteroatoms. The third-order valence-electron chi connectivity index (χ3n) is 3.26. The molecule has 0 radical (unpaired) electrons. The Morgan fingerprint density at radius 2 is 2.35 bits per heavy atom. The highest BCUT2D eigenvalue weighted by Crippen LogP contribution is 2.18. The molecule has 0 saturated carbocycles. The maximum absolute atomic E-state index is 12.2. The largest absolute Gasteiger partial charge is 0.469 e. The summed E-state index contributed by atoms with van der Waals surface area (Å²) >= 11 is 0. The molecule has 1 amide bonds. The monoisotopic (exact) mass is 235 g/mol. The zero-order valence-electron chi connectivity index (χ0n) is 10.2. The number of piperidine rings is 1. The number of amides is 1. The topological polar surface area (TPSA) is 50.5 Å². The lowest BCUT2D eigenvalue weighted by molar-refractivity contribution is -0.124. The Bertz CT molecular complexity index is 436. The molecular formula is C13H17NO3. The van der Waals surface area contributed by atoms with Crippen LogP contribution in [0.25, 0.3) is 0 Å². The minimum atomic E-state index is -0.0512. The summed E-state index contributed by atoms with van der Waals surface area (Å²) in [6, 6.07) is 1.71. The van der Waals surface area contributed by atoms with Crippen LogP contribution in [0.3, 0.4) is 0 Å². The molecule has 17 heavy (non-hydrogen) atoms. The quantitative estimate of drug-likeness (QED) is 0.786. The Kier molecular flexibility index (Phi) is 3.31. The standard InChI is InChI=1S/C13H17NO3/c1-3-12-10(5-7-17-12)13(16)14-6-4-11(15)9(2)8-14/h5,7,9H,3-4,6,8H2,1-2H3. The Morgan fingerprint density at radius 3 is 3.00 bits per heavy atom. The van der Waals surface area contributed by atoms with Crippen LogP contribution in [-0.4, -0.2) is 29.7 Å². The van der Waals surface area contributed by atoms with E-state index in [0.29, 0.717) is 31.5 Å². The van der Waals surface area contributed by atoms with Crippen LogP contribution in [0.2, 0.25) is 0 Å². The summed E-state index contributed by atoms with van der Waals surface area (Å²) in [5, 5.41) is 0. The molecule has 0 aliphatic carbocycles. The fourth-order valence-electron chi connectivity index (χ4n) is 2.18. The lowest BCUT2D eigenvalue weighted by atomic mass is 9.98. The summed E-state index contributed by atoms with van der Waals surface area (Å²) in [6.07, 6.45) is 2.72. The first-order chi connectivity index (χ1) is 8.13. The van der Waals surface area contributed by atoms with Crippen LogP contribution in [-0.2, 0) is 11.2 Å². The first-order valence-electron chi connectivity index (χ1n) is 6.01. The predicted molar refractivity (Wildman–Crippen MR) is 62.8 cm³/mol. The van der Waals surface area contributed by atoms with E-state index < -0.39 is 0 Å². The van der Waals surface area contributed by atoms with E-state index in [1.165, 1.54) is 0 Å². The normalized spacial score (nSPS) is 20.7. The summed E-state index contributed by atoms with van der Waals surface area (Å²) in [6.45, 7) is 4.87. The van der Waals surface area contributed by atoms with Gasteiger partial charge in [-0.1, -0.05) is 13.8 Å². The van der Waals surface area contributed by atoms with Crippen molar-refractivity contribution in [3.05, 3.63) is 23.7 Å². The van der Waals surface area contributed by atoms with Crippen LogP contribution >= 0.6 is 0 Å². The smallest absolute Gasteiger partial charge is 0.257 e. The molecule has 1 fully saturated rings. The maximum Gasteiger partial charge on any atom is 0.257 e. The molecule has 2 heterocycles. The number of ketones is 1. The molecule has 1 saturated heterocycles. The summed E-state index contributed by atoms with van der Waals surface area (Å²) in [5.41, 5.74) is 0.633. The lowest BCUT2D eigenvalue weighted by Gasteiger charge is -2.29. The molecule has 0 bridgehead atoms. The number of rotatable bonds is 2. The second-order valence-corrected chi connectivity index (χ2v) is 4.48. The van der Waals surface area contributed by atoms with Gasteiger partial charge in [0.15, 0.2) is 0 Å². The van der Waals surface area contributed by atoms with Gasteiger partial charge in [-0.3, -0.25) is 9.59 Å². The number of aryl methyl sites for hydroxylation is 1. The van der Waals surface area contributed by atoms with Crippen molar-refractivity contribution in [1.29, 1.82) is 0 Å². The number of carbonyl (C=O) groups excluding carboxylic acids is 2. The van der Waals surface area contributed by atoms with E-state index in [2.05, 4.69) is 0 Å². The first kappa shape index (κ1) is 11.9. The number of nitrogens with zero attached hydrogens (tertiary/aromatic N) is 1. The second-order valence-electron chi connectivity index (χ2n) is 4.48. The van der Waals surface area contributed by atoms with Gasteiger partial charge in [0.25, 0.3) is 5.91 Å². The number of furan rings is 1. The fourth-order valence-corrected chi connectivity index (χ4v) is 2.18. The van der Waals surface area contributed by atoms with Crippen molar-refractivity contribution in [2.45, 2.75) is 26.7 Å². The summed E-state index contributed by atoms with van der Waals surface area (Å²) < 4.78 is 5.26. The molecule has 92 valence electrons. The molecule has 2 rings (SSSR count). The summed E-state index contributed by atoms with van der Waals surface area (Å²) in [7, 11) is 0. The maximum atomic E-state index is 12.2. The van der Waals surface area contributed by atoms with Crippen molar-refractivity contribution in [2.75, 3.05) is 13.1 Å². The van der Waals surface area contributed by atoms with E-state index in [4.69, 9.17) is 4.42 Å². The van der Waals surface area contributed by atoms with Crippen molar-refractivity contribution >= 4 is 11.7 Å². The molecule has 1 aromatic heterocycles. The Balaban J connectivity index is 2.13. The van der Waals surface area contributed by atoms with E-state index in [1.807, 2.05) is 13.8 Å². The van der Waals surface area contributed by atoms with Crippen LogP contribution in [0.15, 0.2) is 16.7 Å². The third kappa shape index (κ3) is 2.25. The van der Waals surface area contributed by atoms with Gasteiger partial charge >= 0.3 is 0 Å². The predicted octanol–water partition coefficient (Wildman–Crippen LogP) is 1.89. The number of hydrogen-bond acceptors (Lipinski definition) is 3. The van der Waals surface area contributed by atoms with Gasteiger partial charge in [0, 0.05) is 31.8 Å². The molecular weight excluding hydrogens is 218 g/mol. The highest BCUT2D eigenvalue weighted by atomic mass is 16.3. The molecule has 1 aliphatic rings. The molecule has 1 aliphatic heterocycles. The van der Waals surface area contributed by atoms with Crippen LogP contribution in [0.5, 0.6) is 0 Å². The van der Waals surface area contributed by atoms with Gasteiger partial charge in [0.2, 0.25) is 0 Å². The van der Waals surface area contributed by atoms with Crippen LogP contribution in [0.4, 0.5) is 0 Å². The molecule has 1 atom stereocenters. The van der Waals surface area contributed by atoms with Gasteiger partial charge in [-0.15, -0.1) is 0 Å². The molecule has 0 N–H and O–H groups in total. The van der Waals surface area contributed by atoms with Gasteiger partial charge < -0.3 is 9.32 Å². The molecule has 0 spiro atoms. The van der Waals surface area contributed by atoms with E-state index in [-0.39, 0.29) is 17.6 Å². The van der Waals surface area contributed by atoms with Crippen LogP contribution in [0, 0.1) is 5.92 Å². The molecule has 1 aromatic rings. The zero-order chi connectivity index (χ0) is 12.4. The molecule has 0 aromatic carbocycles. The number of carbonyl (C=O) groups is 2. The van der Waals surface area contributed by atoms with Gasteiger partial charge in [-0.25, -0.2) is 0 Å². The van der Waals surface area contributed by atoms with Crippen molar-refractivity contribution in [2.24, 2.45) is 5.92 Å². The van der Waals surface area contributed by atoms with E-state index in [9.17, 15) is 9.59 Å². The molecule has 1 unspecified atom stereocenters. The van der Waals surface area contributed by atoms with Crippen molar-refractivity contribution in [3.63, 3.8) is 0 Å². The van der Waals surface area contributed by atoms with Crippen molar-refractivity contribution in [1.82, 2.24) is 4.90 Å². The first-order valence-corrected chi connectivity index (χ1v) is 6.01. The molecule has 4 nitrogen and oxygen atoms in total. The van der Waals surface area contributed by atoms with Gasteiger partial charge in [0.1, 0.15) is 11.5 Å². The van der Waals surface area contributed by atoms with E-state index >= 15 is 0 Å². The minimum Gasteiger partial charge on any atom is -0.469 e. The Morgan fingerprint density at radius 1 is 1.59 bits per heavy atom. The summed E-state index contributed by atoms with van der Waals surface area (Å²) in [5.74, 6) is 0.899. The number of likely N-dealkylation sites (tertiary alicyclic amines) is 1. The fraction of sp³-hybridized carbons (Fsp3) is 0.538. The summed E-state index contributed by atoms with van der Waals surface area (Å²) in [4.78, 5) is 25.4. The minimum absolute atomic E-state index is 0.0186. The van der Waals surface area contributed by atoms with Crippen LogP contribution in [0.1, 0.15) is 36.4 Å². The van der Waals surface area contributed by atoms with Crippen LogP contribution < -0.4 is 0 Å². The average molecular weight is 235 g/mol. The van der Waals surface area contributed by atoms with E-state index in [0.717, 1.165) is 5.76 Å². The van der Waals surface area contributed by atoms with E-state index in [1.54, 1.807) is 17.2 Å². The van der Waals surface area contributed by atoms with Gasteiger partial charge in [0.05, 0.1) is 11.8 Å². The highest BCUT2D eigenvalue weighted by Gasteiger charge is 2.28. The second kappa shape index (κ2) is 4.73. The zero-order valence-corrected chi connectivity index (χ0v) is 10.2. The Hall–Kier alpha value is -1.58. The van der Waals surface area contributed by atoms with Gasteiger partial charge in [-0.2, -0.15) is 0 Å². The van der Waals surface area contributed by atoms with Gasteiger partial charge in [-0.05, 0) is 6.07 Å². The lowest BCUT2D eigenvalue weighted by Crippen LogP contribution is -2.43. The van der Waals surface area contributed by atoms with Crippen molar-refractivity contribution in [3.8, 4) is 0 Å². The number of Topliss-reactive ketones (excluding diaryl/α,β-unsaturated/α-hetero) is 1. The SMILES string of the molecule is CCc1occc1C(=O)N1CCC(=O)C(C)C1. The third-order valence-corrected chi connectivity index (χ3v) is 3.26. The van der Waals surface area contributed by atoms with Crippen molar-refractivity contribution < 1.29 is 14.0 Å². The number of hydrogen-bond donors (Lipinski definition) is 0. The Labute approximate surface area is 101 Å². The highest BCUT2D eigenvalue weighted by molar-refractivity contribution is 5.96. The average Bonchev–Trinajstić information content (AvgIpc) is 2.80.